The van der Waals surface area contributed by atoms with E-state index in [4.69, 9.17) is 9.47 Å². The molecule has 2 aromatic heterocycles. The average molecular weight is 473 g/mol. The summed E-state index contributed by atoms with van der Waals surface area (Å²) < 4.78 is 10.8. The highest BCUT2D eigenvalue weighted by Gasteiger charge is 2.23. The third kappa shape index (κ3) is 5.19. The van der Waals surface area contributed by atoms with Gasteiger partial charge in [0.05, 0.1) is 23.9 Å². The van der Waals surface area contributed by atoms with E-state index in [2.05, 4.69) is 31.6 Å². The van der Waals surface area contributed by atoms with Crippen molar-refractivity contribution in [3.05, 3.63) is 53.3 Å². The summed E-state index contributed by atoms with van der Waals surface area (Å²) in [5.41, 5.74) is 3.41. The summed E-state index contributed by atoms with van der Waals surface area (Å²) in [6, 6.07) is 11.9. The van der Waals surface area contributed by atoms with Crippen LogP contribution < -0.4 is 20.1 Å². The number of amides is 1. The van der Waals surface area contributed by atoms with Gasteiger partial charge in [-0.2, -0.15) is 5.26 Å². The summed E-state index contributed by atoms with van der Waals surface area (Å²) in [6.45, 7) is 4.53. The Labute approximate surface area is 204 Å². The van der Waals surface area contributed by atoms with E-state index in [-0.39, 0.29) is 12.5 Å². The summed E-state index contributed by atoms with van der Waals surface area (Å²) in [5, 5.41) is 16.9. The van der Waals surface area contributed by atoms with Crippen LogP contribution in [0, 0.1) is 17.2 Å². The van der Waals surface area contributed by atoms with Gasteiger partial charge in [-0.25, -0.2) is 4.98 Å². The van der Waals surface area contributed by atoms with E-state index in [9.17, 15) is 10.1 Å². The van der Waals surface area contributed by atoms with Gasteiger partial charge >= 0.3 is 0 Å². The number of likely N-dealkylation sites (tertiary alicyclic amines) is 1. The highest BCUT2D eigenvalue weighted by atomic mass is 16.5. The molecule has 2 aliphatic heterocycles. The van der Waals surface area contributed by atoms with Crippen molar-refractivity contribution in [2.75, 3.05) is 45.2 Å². The van der Waals surface area contributed by atoms with Crippen LogP contribution in [0.25, 0.3) is 10.9 Å². The standard InChI is InChI=1S/C26H28N6O3/c1-34-20-3-4-23-22(10-20)21(18(11-27)13-29-23)7-9-32-8-6-17(15-32)12-28-14-19-2-5-24-26(30-19)31-25(33)16-35-24/h2-5,10,13,17,28H,6-9,12,14-16H2,1H3,(H,30,31,33). The number of pyridine rings is 2. The lowest BCUT2D eigenvalue weighted by Gasteiger charge is -2.18. The first-order valence-electron chi connectivity index (χ1n) is 11.8. The first-order chi connectivity index (χ1) is 17.1. The number of nitrogens with zero attached hydrogens (tertiary/aromatic N) is 4. The van der Waals surface area contributed by atoms with Crippen LogP contribution in [-0.4, -0.2) is 60.7 Å². The molecule has 0 saturated carbocycles. The number of rotatable bonds is 8. The Morgan fingerprint density at radius 3 is 3.11 bits per heavy atom. The first-order valence-corrected chi connectivity index (χ1v) is 11.8. The second-order valence-electron chi connectivity index (χ2n) is 8.97. The molecule has 0 aliphatic carbocycles. The molecule has 3 aromatic rings. The lowest BCUT2D eigenvalue weighted by atomic mass is 10.0. The lowest BCUT2D eigenvalue weighted by molar-refractivity contribution is -0.118. The number of hydrogen-bond donors (Lipinski definition) is 2. The van der Waals surface area contributed by atoms with Gasteiger partial charge in [-0.3, -0.25) is 9.78 Å². The summed E-state index contributed by atoms with van der Waals surface area (Å²) in [7, 11) is 1.65. The molecular formula is C26H28N6O3. The second kappa shape index (κ2) is 10.3. The Morgan fingerprint density at radius 1 is 1.34 bits per heavy atom. The fourth-order valence-electron chi connectivity index (χ4n) is 4.78. The number of nitriles is 1. The smallest absolute Gasteiger partial charge is 0.263 e. The van der Waals surface area contributed by atoms with Gasteiger partial charge in [0.25, 0.3) is 5.91 Å². The van der Waals surface area contributed by atoms with Gasteiger partial charge in [0.1, 0.15) is 11.8 Å². The molecule has 0 bridgehead atoms. The Bertz CT molecular complexity index is 1290. The van der Waals surface area contributed by atoms with Crippen LogP contribution in [0.5, 0.6) is 11.5 Å². The molecule has 5 rings (SSSR count). The predicted molar refractivity (Wildman–Crippen MR) is 131 cm³/mol. The van der Waals surface area contributed by atoms with Gasteiger partial charge in [-0.05, 0) is 67.7 Å². The molecule has 1 atom stereocenters. The molecule has 180 valence electrons. The molecule has 1 saturated heterocycles. The second-order valence-corrected chi connectivity index (χ2v) is 8.97. The minimum Gasteiger partial charge on any atom is -0.497 e. The molecule has 1 fully saturated rings. The van der Waals surface area contributed by atoms with Crippen molar-refractivity contribution in [3.63, 3.8) is 0 Å². The van der Waals surface area contributed by atoms with Crippen molar-refractivity contribution < 1.29 is 14.3 Å². The van der Waals surface area contributed by atoms with Crippen molar-refractivity contribution in [2.24, 2.45) is 5.92 Å². The zero-order valence-electron chi connectivity index (χ0n) is 19.7. The zero-order chi connectivity index (χ0) is 24.2. The summed E-state index contributed by atoms with van der Waals surface area (Å²) in [4.78, 5) is 22.9. The Morgan fingerprint density at radius 2 is 2.26 bits per heavy atom. The van der Waals surface area contributed by atoms with Gasteiger partial charge in [0.2, 0.25) is 0 Å². The molecule has 2 aliphatic rings. The summed E-state index contributed by atoms with van der Waals surface area (Å²) in [5.74, 6) is 2.25. The molecule has 1 amide bonds. The number of aromatic nitrogens is 2. The van der Waals surface area contributed by atoms with Crippen molar-refractivity contribution in [1.29, 1.82) is 5.26 Å². The van der Waals surface area contributed by atoms with Crippen LogP contribution in [0.3, 0.4) is 0 Å². The van der Waals surface area contributed by atoms with E-state index in [0.29, 0.717) is 29.6 Å². The van der Waals surface area contributed by atoms with Gasteiger partial charge in [0, 0.05) is 31.2 Å². The molecule has 0 radical (unpaired) electrons. The first kappa shape index (κ1) is 23.0. The maximum Gasteiger partial charge on any atom is 0.263 e. The Kier molecular flexibility index (Phi) is 6.75. The largest absolute Gasteiger partial charge is 0.497 e. The fourth-order valence-corrected chi connectivity index (χ4v) is 4.78. The monoisotopic (exact) mass is 472 g/mol. The van der Waals surface area contributed by atoms with Gasteiger partial charge in [-0.15, -0.1) is 0 Å². The fraction of sp³-hybridized carbons (Fsp3) is 0.385. The molecular weight excluding hydrogens is 444 g/mol. The van der Waals surface area contributed by atoms with Crippen LogP contribution in [-0.2, 0) is 17.8 Å². The number of benzene rings is 1. The van der Waals surface area contributed by atoms with E-state index in [1.54, 1.807) is 13.3 Å². The van der Waals surface area contributed by atoms with Crippen LogP contribution in [0.2, 0.25) is 0 Å². The minimum atomic E-state index is -0.179. The summed E-state index contributed by atoms with van der Waals surface area (Å²) >= 11 is 0. The van der Waals surface area contributed by atoms with E-state index in [0.717, 1.165) is 66.9 Å². The number of hydrogen-bond acceptors (Lipinski definition) is 8. The molecule has 4 heterocycles. The summed E-state index contributed by atoms with van der Waals surface area (Å²) in [6.07, 6.45) is 3.60. The Hall–Kier alpha value is -3.74. The van der Waals surface area contributed by atoms with Crippen LogP contribution in [0.1, 0.15) is 23.2 Å². The highest BCUT2D eigenvalue weighted by Crippen LogP contribution is 2.27. The van der Waals surface area contributed by atoms with Crippen LogP contribution in [0.4, 0.5) is 5.82 Å². The molecule has 9 nitrogen and oxygen atoms in total. The lowest BCUT2D eigenvalue weighted by Crippen LogP contribution is -2.28. The highest BCUT2D eigenvalue weighted by molar-refractivity contribution is 5.94. The van der Waals surface area contributed by atoms with E-state index >= 15 is 0 Å². The molecule has 1 unspecified atom stereocenters. The number of methoxy groups -OCH3 is 1. The normalized spacial score (nSPS) is 17.5. The zero-order valence-corrected chi connectivity index (χ0v) is 19.7. The van der Waals surface area contributed by atoms with Gasteiger partial charge < -0.3 is 25.0 Å². The molecule has 2 N–H and O–H groups in total. The number of anilines is 1. The van der Waals surface area contributed by atoms with Gasteiger partial charge in [-0.1, -0.05) is 0 Å². The van der Waals surface area contributed by atoms with Gasteiger partial charge in [0.15, 0.2) is 18.2 Å². The quantitative estimate of drug-likeness (QED) is 0.514. The molecule has 0 spiro atoms. The van der Waals surface area contributed by atoms with Crippen molar-refractivity contribution in [2.45, 2.75) is 19.4 Å². The maximum absolute atomic E-state index is 11.5. The molecule has 1 aromatic carbocycles. The maximum atomic E-state index is 11.5. The van der Waals surface area contributed by atoms with E-state index in [1.165, 1.54) is 0 Å². The number of ether oxygens (including phenoxy) is 2. The Balaban J connectivity index is 1.14. The number of carbonyl (C=O) groups excluding carboxylic acids is 1. The molecule has 35 heavy (non-hydrogen) atoms. The predicted octanol–water partition coefficient (Wildman–Crippen LogP) is 2.50. The third-order valence-electron chi connectivity index (χ3n) is 6.63. The number of nitrogens with one attached hydrogen (secondary N) is 2. The van der Waals surface area contributed by atoms with E-state index in [1.807, 2.05) is 30.3 Å². The minimum absolute atomic E-state index is 0.0356. The van der Waals surface area contributed by atoms with Crippen molar-refractivity contribution in [1.82, 2.24) is 20.2 Å². The average Bonchev–Trinajstić information content (AvgIpc) is 3.34. The topological polar surface area (TPSA) is 112 Å². The third-order valence-corrected chi connectivity index (χ3v) is 6.63. The number of fused-ring (bicyclic) bond motifs is 2. The van der Waals surface area contributed by atoms with E-state index < -0.39 is 0 Å². The molecule has 9 heteroatoms. The SMILES string of the molecule is COc1ccc2ncc(C#N)c(CCN3CCC(CNCc4ccc5c(n4)NC(=O)CO5)C3)c2c1. The number of carbonyl (C=O) groups is 1. The van der Waals surface area contributed by atoms with Crippen LogP contribution in [0.15, 0.2) is 36.5 Å². The van der Waals surface area contributed by atoms with Crippen molar-refractivity contribution >= 4 is 22.6 Å². The van der Waals surface area contributed by atoms with Crippen molar-refractivity contribution in [3.8, 4) is 17.6 Å². The van der Waals surface area contributed by atoms with Crippen LogP contribution >= 0.6 is 0 Å².